The first-order chi connectivity index (χ1) is 13.6. The van der Waals surface area contributed by atoms with Crippen LogP contribution in [-0.4, -0.2) is 17.8 Å². The lowest BCUT2D eigenvalue weighted by Crippen LogP contribution is -2.32. The van der Waals surface area contributed by atoms with Crippen molar-refractivity contribution < 1.29 is 19.1 Å². The zero-order valence-electron chi connectivity index (χ0n) is 16.6. The highest BCUT2D eigenvalue weighted by Crippen LogP contribution is 2.56. The van der Waals surface area contributed by atoms with Gasteiger partial charge in [-0.3, -0.25) is 14.4 Å². The second kappa shape index (κ2) is 8.06. The van der Waals surface area contributed by atoms with E-state index in [4.69, 9.17) is 4.74 Å². The monoisotopic (exact) mass is 383 g/mol. The summed E-state index contributed by atoms with van der Waals surface area (Å²) < 4.78 is 5.45. The van der Waals surface area contributed by atoms with Crippen molar-refractivity contribution in [3.05, 3.63) is 24.3 Å². The lowest BCUT2D eigenvalue weighted by atomic mass is 9.81. The van der Waals surface area contributed by atoms with Crippen LogP contribution in [0.5, 0.6) is 5.75 Å². The molecule has 4 rings (SSSR count). The van der Waals surface area contributed by atoms with Crippen LogP contribution in [0.2, 0.25) is 0 Å². The molecule has 1 aliphatic heterocycles. The van der Waals surface area contributed by atoms with Gasteiger partial charge in [0.15, 0.2) is 0 Å². The summed E-state index contributed by atoms with van der Waals surface area (Å²) >= 11 is 0. The lowest BCUT2D eigenvalue weighted by molar-refractivity contribution is -0.134. The molecule has 1 heterocycles. The smallest absolute Gasteiger partial charge is 0.311 e. The van der Waals surface area contributed by atoms with Crippen molar-refractivity contribution in [3.8, 4) is 5.75 Å². The molecular formula is C23H29NO4. The fourth-order valence-electron chi connectivity index (χ4n) is 5.40. The minimum Gasteiger partial charge on any atom is -0.426 e. The minimum absolute atomic E-state index is 0.0680. The highest BCUT2D eigenvalue weighted by Gasteiger charge is 2.61. The number of unbranched alkanes of at least 4 members (excludes halogenated alkanes) is 4. The van der Waals surface area contributed by atoms with Gasteiger partial charge in [0.25, 0.3) is 0 Å². The van der Waals surface area contributed by atoms with Gasteiger partial charge in [-0.25, -0.2) is 4.90 Å². The number of nitrogens with zero attached hydrogens (tertiary/aromatic N) is 1. The van der Waals surface area contributed by atoms with E-state index in [0.717, 1.165) is 38.5 Å². The van der Waals surface area contributed by atoms with Gasteiger partial charge in [-0.2, -0.15) is 0 Å². The summed E-state index contributed by atoms with van der Waals surface area (Å²) in [6.45, 7) is 2.16. The molecule has 3 aliphatic rings. The first kappa shape index (κ1) is 19.2. The maximum Gasteiger partial charge on any atom is 0.311 e. The minimum atomic E-state index is -0.261. The number of hydrogen-bond donors (Lipinski definition) is 0. The molecule has 0 unspecified atom stereocenters. The Morgan fingerprint density at radius 2 is 1.71 bits per heavy atom. The topological polar surface area (TPSA) is 63.7 Å². The number of benzene rings is 1. The van der Waals surface area contributed by atoms with E-state index in [2.05, 4.69) is 6.92 Å². The molecule has 150 valence electrons. The standard InChI is InChI=1S/C23H29NO4/c1-2-3-4-5-6-10-19(25)28-18-9-7-8-17(14-18)24-22(26)20-15-11-12-16(13-15)21(20)23(24)27/h7-9,14-16,20-21H,2-6,10-13H2,1H3/t15-,16-,20-,21+/m0/s1. The van der Waals surface area contributed by atoms with Crippen molar-refractivity contribution >= 4 is 23.5 Å². The van der Waals surface area contributed by atoms with Gasteiger partial charge < -0.3 is 4.74 Å². The van der Waals surface area contributed by atoms with E-state index >= 15 is 0 Å². The van der Waals surface area contributed by atoms with Crippen LogP contribution in [0.4, 0.5) is 5.69 Å². The van der Waals surface area contributed by atoms with Gasteiger partial charge in [-0.1, -0.05) is 38.7 Å². The third kappa shape index (κ3) is 3.47. The number of esters is 1. The van der Waals surface area contributed by atoms with E-state index in [1.54, 1.807) is 24.3 Å². The molecule has 1 aromatic rings. The molecule has 2 bridgehead atoms. The van der Waals surface area contributed by atoms with E-state index in [0.29, 0.717) is 29.7 Å². The molecule has 5 nitrogen and oxygen atoms in total. The summed E-state index contributed by atoms with van der Waals surface area (Å²) in [4.78, 5) is 39.3. The Labute approximate surface area is 166 Å². The number of ether oxygens (including phenoxy) is 1. The highest BCUT2D eigenvalue weighted by molar-refractivity contribution is 6.22. The zero-order valence-corrected chi connectivity index (χ0v) is 16.6. The van der Waals surface area contributed by atoms with Crippen molar-refractivity contribution in [2.24, 2.45) is 23.7 Å². The molecule has 28 heavy (non-hydrogen) atoms. The predicted molar refractivity (Wildman–Crippen MR) is 106 cm³/mol. The Balaban J connectivity index is 1.40. The van der Waals surface area contributed by atoms with Crippen molar-refractivity contribution in [3.63, 3.8) is 0 Å². The van der Waals surface area contributed by atoms with Crippen LogP contribution >= 0.6 is 0 Å². The summed E-state index contributed by atoms with van der Waals surface area (Å²) in [6, 6.07) is 6.84. The Morgan fingerprint density at radius 3 is 2.39 bits per heavy atom. The predicted octanol–water partition coefficient (Wildman–Crippen LogP) is 4.49. The Bertz CT molecular complexity index is 746. The molecule has 0 aromatic heterocycles. The van der Waals surface area contributed by atoms with Gasteiger partial charge >= 0.3 is 5.97 Å². The number of carbonyl (C=O) groups excluding carboxylic acids is 3. The maximum atomic E-state index is 12.9. The van der Waals surface area contributed by atoms with Gasteiger partial charge in [0.05, 0.1) is 17.5 Å². The van der Waals surface area contributed by atoms with Crippen LogP contribution in [0.1, 0.15) is 64.7 Å². The first-order valence-electron chi connectivity index (χ1n) is 10.8. The van der Waals surface area contributed by atoms with Gasteiger partial charge in [0.1, 0.15) is 5.75 Å². The van der Waals surface area contributed by atoms with Crippen LogP contribution in [0, 0.1) is 23.7 Å². The van der Waals surface area contributed by atoms with Gasteiger partial charge in [0.2, 0.25) is 11.8 Å². The fourth-order valence-corrected chi connectivity index (χ4v) is 5.40. The molecule has 3 fully saturated rings. The number of amides is 2. The van der Waals surface area contributed by atoms with Crippen molar-refractivity contribution in [1.82, 2.24) is 0 Å². The van der Waals surface area contributed by atoms with Crippen LogP contribution in [-0.2, 0) is 14.4 Å². The number of fused-ring (bicyclic) bond motifs is 5. The Morgan fingerprint density at radius 1 is 1.04 bits per heavy atom. The molecule has 0 N–H and O–H groups in total. The highest BCUT2D eigenvalue weighted by atomic mass is 16.5. The molecule has 2 saturated carbocycles. The maximum absolute atomic E-state index is 12.9. The molecular weight excluding hydrogens is 354 g/mol. The third-order valence-corrected chi connectivity index (χ3v) is 6.72. The van der Waals surface area contributed by atoms with Crippen LogP contribution in [0.15, 0.2) is 24.3 Å². The second-order valence-corrected chi connectivity index (χ2v) is 8.53. The molecule has 5 heteroatoms. The Hall–Kier alpha value is -2.17. The van der Waals surface area contributed by atoms with E-state index in [-0.39, 0.29) is 29.6 Å². The van der Waals surface area contributed by atoms with Crippen LogP contribution in [0.25, 0.3) is 0 Å². The molecule has 1 aromatic carbocycles. The van der Waals surface area contributed by atoms with Gasteiger partial charge in [0, 0.05) is 12.5 Å². The summed E-state index contributed by atoms with van der Waals surface area (Å²) in [7, 11) is 0. The number of carbonyl (C=O) groups is 3. The van der Waals surface area contributed by atoms with Crippen LogP contribution < -0.4 is 9.64 Å². The quantitative estimate of drug-likeness (QED) is 0.287. The van der Waals surface area contributed by atoms with E-state index in [9.17, 15) is 14.4 Å². The van der Waals surface area contributed by atoms with E-state index in [1.165, 1.54) is 17.7 Å². The average Bonchev–Trinajstić information content (AvgIpc) is 3.35. The summed E-state index contributed by atoms with van der Waals surface area (Å²) in [6.07, 6.45) is 8.91. The molecule has 1 saturated heterocycles. The van der Waals surface area contributed by atoms with Gasteiger partial charge in [-0.05, 0) is 49.7 Å². The molecule has 2 amide bonds. The number of hydrogen-bond acceptors (Lipinski definition) is 4. The molecule has 4 atom stereocenters. The third-order valence-electron chi connectivity index (χ3n) is 6.72. The normalized spacial score (nSPS) is 28.1. The summed E-state index contributed by atoms with van der Waals surface area (Å²) in [5.74, 6) is 0.457. The number of rotatable bonds is 8. The first-order valence-corrected chi connectivity index (χ1v) is 10.8. The zero-order chi connectivity index (χ0) is 19.7. The second-order valence-electron chi connectivity index (χ2n) is 8.53. The van der Waals surface area contributed by atoms with E-state index < -0.39 is 0 Å². The molecule has 0 radical (unpaired) electrons. The Kier molecular flexibility index (Phi) is 5.51. The molecule has 0 spiro atoms. The molecule has 2 aliphatic carbocycles. The van der Waals surface area contributed by atoms with E-state index in [1.807, 2.05) is 0 Å². The lowest BCUT2D eigenvalue weighted by Gasteiger charge is -2.19. The fraction of sp³-hybridized carbons (Fsp3) is 0.609. The van der Waals surface area contributed by atoms with Crippen molar-refractivity contribution in [1.29, 1.82) is 0 Å². The van der Waals surface area contributed by atoms with Crippen LogP contribution in [0.3, 0.4) is 0 Å². The van der Waals surface area contributed by atoms with Crippen molar-refractivity contribution in [2.75, 3.05) is 4.90 Å². The SMILES string of the molecule is CCCCCCCC(=O)Oc1cccc(N2C(=O)[C@@H]3[C@H]4CC[C@@H](C4)[C@@H]3C2=O)c1. The number of anilines is 1. The summed E-state index contributed by atoms with van der Waals surface area (Å²) in [5.41, 5.74) is 0.525. The average molecular weight is 383 g/mol. The number of imide groups is 1. The largest absolute Gasteiger partial charge is 0.426 e. The van der Waals surface area contributed by atoms with Gasteiger partial charge in [-0.15, -0.1) is 0 Å². The summed E-state index contributed by atoms with van der Waals surface area (Å²) in [5, 5.41) is 0. The van der Waals surface area contributed by atoms with Crippen molar-refractivity contribution in [2.45, 2.75) is 64.7 Å².